The minimum Gasteiger partial charge on any atom is -0.486 e. The van der Waals surface area contributed by atoms with Crippen LogP contribution in [-0.4, -0.2) is 56.4 Å². The normalized spacial score (nSPS) is 19.9. The molecule has 1 fully saturated rings. The molecule has 0 aromatic heterocycles. The van der Waals surface area contributed by atoms with Gasteiger partial charge in [-0.05, 0) is 43.5 Å². The number of ether oxygens (including phenoxy) is 2. The molecular weight excluding hydrogens is 404 g/mol. The van der Waals surface area contributed by atoms with Gasteiger partial charge in [0.05, 0.1) is 6.54 Å². The van der Waals surface area contributed by atoms with Gasteiger partial charge in [0.25, 0.3) is 0 Å². The predicted molar refractivity (Wildman–Crippen MR) is 114 cm³/mol. The third-order valence-corrected chi connectivity index (χ3v) is 5.76. The van der Waals surface area contributed by atoms with E-state index in [0.717, 1.165) is 24.8 Å². The Hall–Kier alpha value is -3.03. The average Bonchev–Trinajstić information content (AvgIpc) is 3.26. The molecule has 2 unspecified atom stereocenters. The zero-order chi connectivity index (χ0) is 21.8. The number of nitrogens with one attached hydrogen (secondary N) is 1. The number of anilines is 1. The molecule has 31 heavy (non-hydrogen) atoms. The van der Waals surface area contributed by atoms with Crippen molar-refractivity contribution in [3.05, 3.63) is 54.1 Å². The first-order chi connectivity index (χ1) is 15.0. The maximum atomic E-state index is 13.5. The lowest BCUT2D eigenvalue weighted by molar-refractivity contribution is 0.0674. The van der Waals surface area contributed by atoms with Crippen LogP contribution in [-0.2, 0) is 0 Å². The van der Waals surface area contributed by atoms with Crippen molar-refractivity contribution in [2.45, 2.75) is 19.4 Å². The summed E-state index contributed by atoms with van der Waals surface area (Å²) in [6, 6.07) is 11.3. The molecule has 8 heteroatoms. The number of nitrogens with zero attached hydrogens (tertiary/aromatic N) is 2. The topological polar surface area (TPSA) is 54.0 Å². The summed E-state index contributed by atoms with van der Waals surface area (Å²) in [6.07, 6.45) is 0.651. The molecule has 2 heterocycles. The Morgan fingerprint density at radius 1 is 1.19 bits per heavy atom. The SMILES string of the molecule is CCN(CC1COc2ccccc2O1)C(=O)NCC1CCN(c2ccc(F)c(F)c2)C1. The van der Waals surface area contributed by atoms with E-state index >= 15 is 0 Å². The molecule has 1 saturated heterocycles. The van der Waals surface area contributed by atoms with Crippen LogP contribution in [0.1, 0.15) is 13.3 Å². The quantitative estimate of drug-likeness (QED) is 0.759. The van der Waals surface area contributed by atoms with Crippen LogP contribution in [0, 0.1) is 17.6 Å². The van der Waals surface area contributed by atoms with Crippen LogP contribution in [0.4, 0.5) is 19.3 Å². The van der Waals surface area contributed by atoms with Gasteiger partial charge >= 0.3 is 6.03 Å². The van der Waals surface area contributed by atoms with Gasteiger partial charge in [0.2, 0.25) is 0 Å². The fourth-order valence-electron chi connectivity index (χ4n) is 4.01. The van der Waals surface area contributed by atoms with Crippen LogP contribution in [0.5, 0.6) is 11.5 Å². The molecular formula is C23H27F2N3O3. The Bertz CT molecular complexity index is 927. The van der Waals surface area contributed by atoms with E-state index in [1.165, 1.54) is 6.07 Å². The highest BCUT2D eigenvalue weighted by molar-refractivity contribution is 5.74. The highest BCUT2D eigenvalue weighted by Gasteiger charge is 2.27. The van der Waals surface area contributed by atoms with E-state index in [1.54, 1.807) is 11.0 Å². The molecule has 6 nitrogen and oxygen atoms in total. The second-order valence-electron chi connectivity index (χ2n) is 7.92. The summed E-state index contributed by atoms with van der Waals surface area (Å²) in [6.45, 7) is 5.27. The molecule has 0 bridgehead atoms. The highest BCUT2D eigenvalue weighted by Crippen LogP contribution is 2.31. The molecule has 1 N–H and O–H groups in total. The number of urea groups is 1. The van der Waals surface area contributed by atoms with Crippen LogP contribution in [0.15, 0.2) is 42.5 Å². The molecule has 166 valence electrons. The number of halogens is 2. The van der Waals surface area contributed by atoms with Gasteiger partial charge in [-0.3, -0.25) is 0 Å². The molecule has 2 aromatic carbocycles. The van der Waals surface area contributed by atoms with E-state index in [-0.39, 0.29) is 18.1 Å². The van der Waals surface area contributed by atoms with E-state index in [0.29, 0.717) is 44.2 Å². The molecule has 0 saturated carbocycles. The third kappa shape index (κ3) is 5.00. The van der Waals surface area contributed by atoms with E-state index < -0.39 is 11.6 Å². The zero-order valence-electron chi connectivity index (χ0n) is 17.5. The van der Waals surface area contributed by atoms with Gasteiger partial charge < -0.3 is 24.6 Å². The maximum Gasteiger partial charge on any atom is 0.317 e. The minimum absolute atomic E-state index is 0.142. The van der Waals surface area contributed by atoms with Crippen molar-refractivity contribution < 1.29 is 23.0 Å². The summed E-state index contributed by atoms with van der Waals surface area (Å²) < 4.78 is 38.4. The first kappa shape index (κ1) is 21.2. The van der Waals surface area contributed by atoms with Gasteiger partial charge in [0.1, 0.15) is 6.61 Å². The van der Waals surface area contributed by atoms with Crippen LogP contribution >= 0.6 is 0 Å². The molecule has 4 rings (SSSR count). The largest absolute Gasteiger partial charge is 0.486 e. The van der Waals surface area contributed by atoms with Gasteiger partial charge in [0.15, 0.2) is 29.2 Å². The van der Waals surface area contributed by atoms with Crippen molar-refractivity contribution >= 4 is 11.7 Å². The van der Waals surface area contributed by atoms with Gasteiger partial charge in [-0.25, -0.2) is 13.6 Å². The average molecular weight is 431 g/mol. The monoisotopic (exact) mass is 431 g/mol. The summed E-state index contributed by atoms with van der Waals surface area (Å²) in [4.78, 5) is 16.4. The molecule has 0 spiro atoms. The fourth-order valence-corrected chi connectivity index (χ4v) is 4.01. The summed E-state index contributed by atoms with van der Waals surface area (Å²) in [5.74, 6) is -0.0277. The second kappa shape index (κ2) is 9.41. The Morgan fingerprint density at radius 2 is 2.00 bits per heavy atom. The van der Waals surface area contributed by atoms with Crippen molar-refractivity contribution in [2.24, 2.45) is 5.92 Å². The predicted octanol–water partition coefficient (Wildman–Crippen LogP) is 3.66. The lowest BCUT2D eigenvalue weighted by Gasteiger charge is -2.31. The third-order valence-electron chi connectivity index (χ3n) is 5.76. The number of likely N-dealkylation sites (N-methyl/N-ethyl adjacent to an activating group) is 1. The standard InChI is InChI=1S/C23H27F2N3O3/c1-2-27(14-18-15-30-21-5-3-4-6-22(21)31-18)23(29)26-12-16-9-10-28(13-16)17-7-8-19(24)20(25)11-17/h3-8,11,16,18H,2,9-10,12-15H2,1H3,(H,26,29). The molecule has 2 aliphatic heterocycles. The number of hydrogen-bond acceptors (Lipinski definition) is 4. The van der Waals surface area contributed by atoms with E-state index in [2.05, 4.69) is 5.32 Å². The Morgan fingerprint density at radius 3 is 2.77 bits per heavy atom. The number of carbonyl (C=O) groups excluding carboxylic acids is 1. The van der Waals surface area contributed by atoms with Gasteiger partial charge in [-0.2, -0.15) is 0 Å². The molecule has 2 atom stereocenters. The van der Waals surface area contributed by atoms with Crippen molar-refractivity contribution in [3.63, 3.8) is 0 Å². The summed E-state index contributed by atoms with van der Waals surface area (Å²) >= 11 is 0. The summed E-state index contributed by atoms with van der Waals surface area (Å²) in [7, 11) is 0. The number of rotatable bonds is 6. The molecule has 0 aliphatic carbocycles. The van der Waals surface area contributed by atoms with Crippen LogP contribution in [0.3, 0.4) is 0 Å². The van der Waals surface area contributed by atoms with Gasteiger partial charge in [0, 0.05) is 37.9 Å². The molecule has 2 aliphatic rings. The van der Waals surface area contributed by atoms with Crippen LogP contribution in [0.2, 0.25) is 0 Å². The fraction of sp³-hybridized carbons (Fsp3) is 0.435. The molecule has 2 aromatic rings. The smallest absolute Gasteiger partial charge is 0.317 e. The Balaban J connectivity index is 1.25. The lowest BCUT2D eigenvalue weighted by Crippen LogP contribution is -2.48. The number of fused-ring (bicyclic) bond motifs is 1. The number of carbonyl (C=O) groups is 1. The van der Waals surface area contributed by atoms with Gasteiger partial charge in [-0.15, -0.1) is 0 Å². The highest BCUT2D eigenvalue weighted by atomic mass is 19.2. The number of amides is 2. The first-order valence-electron chi connectivity index (χ1n) is 10.6. The lowest BCUT2D eigenvalue weighted by atomic mass is 10.1. The van der Waals surface area contributed by atoms with Crippen LogP contribution < -0.4 is 19.7 Å². The van der Waals surface area contributed by atoms with Crippen LogP contribution in [0.25, 0.3) is 0 Å². The van der Waals surface area contributed by atoms with Gasteiger partial charge in [-0.1, -0.05) is 12.1 Å². The Kier molecular flexibility index (Phi) is 6.44. The van der Waals surface area contributed by atoms with Crippen molar-refractivity contribution in [3.8, 4) is 11.5 Å². The number of hydrogen-bond donors (Lipinski definition) is 1. The summed E-state index contributed by atoms with van der Waals surface area (Å²) in [5.41, 5.74) is 0.664. The number of benzene rings is 2. The second-order valence-corrected chi connectivity index (χ2v) is 7.92. The molecule has 2 amide bonds. The Labute approximate surface area is 180 Å². The van der Waals surface area contributed by atoms with E-state index in [1.807, 2.05) is 36.1 Å². The summed E-state index contributed by atoms with van der Waals surface area (Å²) in [5, 5.41) is 3.01. The van der Waals surface area contributed by atoms with Crippen molar-refractivity contribution in [1.29, 1.82) is 0 Å². The maximum absolute atomic E-state index is 13.5. The van der Waals surface area contributed by atoms with E-state index in [9.17, 15) is 13.6 Å². The number of para-hydroxylation sites is 2. The molecule has 0 radical (unpaired) electrons. The first-order valence-corrected chi connectivity index (χ1v) is 10.6. The van der Waals surface area contributed by atoms with E-state index in [4.69, 9.17) is 9.47 Å². The minimum atomic E-state index is -0.845. The zero-order valence-corrected chi connectivity index (χ0v) is 17.5. The van der Waals surface area contributed by atoms with Crippen molar-refractivity contribution in [1.82, 2.24) is 10.2 Å². The van der Waals surface area contributed by atoms with Crippen molar-refractivity contribution in [2.75, 3.05) is 44.2 Å².